The third kappa shape index (κ3) is 6.91. The van der Waals surface area contributed by atoms with Crippen molar-refractivity contribution in [2.45, 2.75) is 43.4 Å². The first-order chi connectivity index (χ1) is 10.4. The van der Waals surface area contributed by atoms with Crippen LogP contribution in [0, 0.1) is 10.1 Å². The topological polar surface area (TPSA) is 81.5 Å². The Morgan fingerprint density at radius 3 is 2.50 bits per heavy atom. The molecule has 0 radical (unpaired) electrons. The van der Waals surface area contributed by atoms with Crippen LogP contribution in [0.1, 0.15) is 27.2 Å². The van der Waals surface area contributed by atoms with Crippen LogP contribution in [0.25, 0.3) is 0 Å². The Hall–Kier alpha value is -1.60. The number of nitro groups is 1. The molecule has 7 heteroatoms. The summed E-state index contributed by atoms with van der Waals surface area (Å²) < 4.78 is 5.40. The molecular weight excluding hydrogens is 304 g/mol. The van der Waals surface area contributed by atoms with Gasteiger partial charge in [0.1, 0.15) is 0 Å². The summed E-state index contributed by atoms with van der Waals surface area (Å²) in [6, 6.07) is 6.19. The molecule has 1 rings (SSSR count). The molecule has 1 aromatic carbocycles. The quantitative estimate of drug-likeness (QED) is 0.326. The van der Waals surface area contributed by atoms with Gasteiger partial charge in [-0.05, 0) is 39.3 Å². The van der Waals surface area contributed by atoms with Crippen molar-refractivity contribution in [2.24, 2.45) is 0 Å². The van der Waals surface area contributed by atoms with Gasteiger partial charge in [0.15, 0.2) is 0 Å². The fraction of sp³-hybridized carbons (Fsp3) is 0.533. The Morgan fingerprint density at radius 2 is 1.95 bits per heavy atom. The standard InChI is InChI=1S/C15H22N2O4S/c1-11(2)21-10-4-9-16-15(18)12(3)22-14-7-5-13(6-8-14)17(19)20/h5-8,11-12H,4,9-10H2,1-3H3,(H,16,18). The third-order valence-corrected chi connectivity index (χ3v) is 3.91. The minimum atomic E-state index is -0.441. The first-order valence-electron chi connectivity index (χ1n) is 7.20. The summed E-state index contributed by atoms with van der Waals surface area (Å²) in [5.41, 5.74) is 0.0478. The largest absolute Gasteiger partial charge is 0.379 e. The average Bonchev–Trinajstić information content (AvgIpc) is 2.46. The highest BCUT2D eigenvalue weighted by molar-refractivity contribution is 8.00. The van der Waals surface area contributed by atoms with Crippen LogP contribution in [-0.4, -0.2) is 35.3 Å². The molecule has 0 fully saturated rings. The maximum Gasteiger partial charge on any atom is 0.269 e. The summed E-state index contributed by atoms with van der Waals surface area (Å²) in [6.45, 7) is 6.97. The van der Waals surface area contributed by atoms with Crippen LogP contribution in [0.5, 0.6) is 0 Å². The van der Waals surface area contributed by atoms with Gasteiger partial charge in [0.05, 0.1) is 16.3 Å². The summed E-state index contributed by atoms with van der Waals surface area (Å²) in [5, 5.41) is 13.2. The zero-order valence-electron chi connectivity index (χ0n) is 13.1. The second-order valence-corrected chi connectivity index (χ2v) is 6.49. The van der Waals surface area contributed by atoms with Gasteiger partial charge in [0.25, 0.3) is 5.69 Å². The van der Waals surface area contributed by atoms with Crippen LogP contribution in [-0.2, 0) is 9.53 Å². The van der Waals surface area contributed by atoms with Crippen molar-refractivity contribution < 1.29 is 14.5 Å². The van der Waals surface area contributed by atoms with Crippen molar-refractivity contribution in [1.29, 1.82) is 0 Å². The van der Waals surface area contributed by atoms with E-state index in [1.807, 2.05) is 20.8 Å². The molecule has 0 aliphatic rings. The van der Waals surface area contributed by atoms with E-state index in [1.165, 1.54) is 23.9 Å². The molecule has 122 valence electrons. The van der Waals surface area contributed by atoms with Crippen LogP contribution in [0.4, 0.5) is 5.69 Å². The van der Waals surface area contributed by atoms with Gasteiger partial charge in [0, 0.05) is 30.2 Å². The first-order valence-corrected chi connectivity index (χ1v) is 8.08. The molecule has 0 spiro atoms. The summed E-state index contributed by atoms with van der Waals surface area (Å²) in [7, 11) is 0. The highest BCUT2D eigenvalue weighted by Crippen LogP contribution is 2.25. The minimum Gasteiger partial charge on any atom is -0.379 e. The maximum absolute atomic E-state index is 11.9. The van der Waals surface area contributed by atoms with Gasteiger partial charge in [-0.3, -0.25) is 14.9 Å². The second-order valence-electron chi connectivity index (χ2n) is 5.08. The average molecular weight is 326 g/mol. The van der Waals surface area contributed by atoms with Crippen LogP contribution in [0.2, 0.25) is 0 Å². The Kier molecular flexibility index (Phi) is 7.90. The highest BCUT2D eigenvalue weighted by atomic mass is 32.2. The predicted octanol–water partition coefficient (Wildman–Crippen LogP) is 3.01. The number of hydrogen-bond acceptors (Lipinski definition) is 5. The molecule has 1 aromatic rings. The minimum absolute atomic E-state index is 0.0478. The number of carbonyl (C=O) groups excluding carboxylic acids is 1. The normalized spacial score (nSPS) is 12.2. The van der Waals surface area contributed by atoms with E-state index in [1.54, 1.807) is 12.1 Å². The third-order valence-electron chi connectivity index (χ3n) is 2.80. The smallest absolute Gasteiger partial charge is 0.269 e. The summed E-state index contributed by atoms with van der Waals surface area (Å²) >= 11 is 1.37. The first kappa shape index (κ1) is 18.4. The van der Waals surface area contributed by atoms with E-state index < -0.39 is 4.92 Å². The lowest BCUT2D eigenvalue weighted by molar-refractivity contribution is -0.384. The number of rotatable bonds is 9. The lowest BCUT2D eigenvalue weighted by Crippen LogP contribution is -2.32. The van der Waals surface area contributed by atoms with E-state index in [0.717, 1.165) is 11.3 Å². The van der Waals surface area contributed by atoms with Crippen LogP contribution in [0.3, 0.4) is 0 Å². The predicted molar refractivity (Wildman–Crippen MR) is 87.1 cm³/mol. The molecule has 0 bridgehead atoms. The molecule has 0 saturated heterocycles. The number of non-ortho nitro benzene ring substituents is 1. The number of thioether (sulfide) groups is 1. The van der Waals surface area contributed by atoms with Crippen molar-refractivity contribution in [3.05, 3.63) is 34.4 Å². The molecule has 0 heterocycles. The van der Waals surface area contributed by atoms with Gasteiger partial charge in [-0.2, -0.15) is 0 Å². The molecule has 1 atom stereocenters. The number of benzene rings is 1. The summed E-state index contributed by atoms with van der Waals surface area (Å²) in [6.07, 6.45) is 0.978. The molecule has 0 saturated carbocycles. The Labute approximate surface area is 134 Å². The van der Waals surface area contributed by atoms with Gasteiger partial charge in [-0.25, -0.2) is 0 Å². The number of ether oxygens (including phenoxy) is 1. The Morgan fingerprint density at radius 1 is 1.32 bits per heavy atom. The maximum atomic E-state index is 11.9. The molecule has 1 N–H and O–H groups in total. The Balaban J connectivity index is 2.33. The van der Waals surface area contributed by atoms with E-state index in [9.17, 15) is 14.9 Å². The fourth-order valence-corrected chi connectivity index (χ4v) is 2.54. The van der Waals surface area contributed by atoms with Gasteiger partial charge in [-0.15, -0.1) is 11.8 Å². The molecule has 0 aliphatic heterocycles. The van der Waals surface area contributed by atoms with E-state index in [0.29, 0.717) is 13.2 Å². The summed E-state index contributed by atoms with van der Waals surface area (Å²) in [5.74, 6) is -0.0482. The lowest BCUT2D eigenvalue weighted by atomic mass is 10.3. The van der Waals surface area contributed by atoms with Crippen molar-refractivity contribution in [3.63, 3.8) is 0 Å². The number of hydrogen-bond donors (Lipinski definition) is 1. The molecule has 1 unspecified atom stereocenters. The molecule has 0 aromatic heterocycles. The van der Waals surface area contributed by atoms with Gasteiger partial charge >= 0.3 is 0 Å². The van der Waals surface area contributed by atoms with E-state index >= 15 is 0 Å². The van der Waals surface area contributed by atoms with Crippen LogP contribution in [0.15, 0.2) is 29.2 Å². The number of nitrogens with zero attached hydrogens (tertiary/aromatic N) is 1. The number of amides is 1. The fourth-order valence-electron chi connectivity index (χ4n) is 1.65. The zero-order valence-corrected chi connectivity index (χ0v) is 13.9. The monoisotopic (exact) mass is 326 g/mol. The molecular formula is C15H22N2O4S. The number of carbonyl (C=O) groups is 1. The van der Waals surface area contributed by atoms with Gasteiger partial charge < -0.3 is 10.1 Å². The zero-order chi connectivity index (χ0) is 16.5. The van der Waals surface area contributed by atoms with Crippen LogP contribution >= 0.6 is 11.8 Å². The highest BCUT2D eigenvalue weighted by Gasteiger charge is 2.14. The molecule has 6 nitrogen and oxygen atoms in total. The van der Waals surface area contributed by atoms with Crippen molar-refractivity contribution in [2.75, 3.05) is 13.2 Å². The van der Waals surface area contributed by atoms with E-state index in [-0.39, 0.29) is 22.9 Å². The second kappa shape index (κ2) is 9.42. The summed E-state index contributed by atoms with van der Waals surface area (Å²) in [4.78, 5) is 22.9. The van der Waals surface area contributed by atoms with Crippen molar-refractivity contribution in [1.82, 2.24) is 5.32 Å². The van der Waals surface area contributed by atoms with Crippen molar-refractivity contribution in [3.8, 4) is 0 Å². The molecule has 0 aliphatic carbocycles. The number of nitrogens with one attached hydrogen (secondary N) is 1. The van der Waals surface area contributed by atoms with Gasteiger partial charge in [0.2, 0.25) is 5.91 Å². The van der Waals surface area contributed by atoms with Gasteiger partial charge in [-0.1, -0.05) is 0 Å². The molecule has 22 heavy (non-hydrogen) atoms. The van der Waals surface area contributed by atoms with Crippen molar-refractivity contribution >= 4 is 23.4 Å². The Bertz CT molecular complexity index is 491. The van der Waals surface area contributed by atoms with E-state index in [2.05, 4.69) is 5.32 Å². The number of nitro benzene ring substituents is 1. The molecule has 1 amide bonds. The SMILES string of the molecule is CC(C)OCCCNC(=O)C(C)Sc1ccc([N+](=O)[O-])cc1. The lowest BCUT2D eigenvalue weighted by Gasteiger charge is -2.12. The van der Waals surface area contributed by atoms with E-state index in [4.69, 9.17) is 4.74 Å². The van der Waals surface area contributed by atoms with Crippen LogP contribution < -0.4 is 5.32 Å².